The Bertz CT molecular complexity index is 304. The molecule has 17 heavy (non-hydrogen) atoms. The van der Waals surface area contributed by atoms with E-state index in [9.17, 15) is 4.79 Å². The molecule has 1 saturated carbocycles. The third-order valence-corrected chi connectivity index (χ3v) is 3.85. The minimum Gasteiger partial charge on any atom is -0.392 e. The SMILES string of the molecule is NC(=S)C1CCCCN1CC(=O)NCC1CC1. The third kappa shape index (κ3) is 3.92. The molecule has 1 atom stereocenters. The van der Waals surface area contributed by atoms with Gasteiger partial charge in [-0.25, -0.2) is 0 Å². The predicted octanol–water partition coefficient (Wildman–Crippen LogP) is 0.653. The molecule has 2 rings (SSSR count). The highest BCUT2D eigenvalue weighted by Crippen LogP contribution is 2.27. The van der Waals surface area contributed by atoms with Gasteiger partial charge in [-0.2, -0.15) is 0 Å². The van der Waals surface area contributed by atoms with Crippen LogP contribution in [0.1, 0.15) is 32.1 Å². The largest absolute Gasteiger partial charge is 0.392 e. The van der Waals surface area contributed by atoms with Crippen LogP contribution >= 0.6 is 12.2 Å². The second-order valence-corrected chi connectivity index (χ2v) is 5.60. The Labute approximate surface area is 108 Å². The summed E-state index contributed by atoms with van der Waals surface area (Å²) in [6.07, 6.45) is 5.81. The topological polar surface area (TPSA) is 58.4 Å². The summed E-state index contributed by atoms with van der Waals surface area (Å²) in [5.41, 5.74) is 5.72. The van der Waals surface area contributed by atoms with Gasteiger partial charge in [0, 0.05) is 6.54 Å². The van der Waals surface area contributed by atoms with E-state index in [0.717, 1.165) is 38.3 Å². The van der Waals surface area contributed by atoms with Crippen molar-refractivity contribution in [2.45, 2.75) is 38.1 Å². The van der Waals surface area contributed by atoms with Crippen molar-refractivity contribution in [2.24, 2.45) is 11.7 Å². The number of amides is 1. The summed E-state index contributed by atoms with van der Waals surface area (Å²) in [4.78, 5) is 14.4. The molecule has 0 aromatic carbocycles. The number of carbonyl (C=O) groups excluding carboxylic acids is 1. The molecule has 0 aromatic heterocycles. The summed E-state index contributed by atoms with van der Waals surface area (Å²) in [5, 5.41) is 2.99. The maximum atomic E-state index is 11.8. The number of nitrogens with two attached hydrogens (primary N) is 1. The fourth-order valence-corrected chi connectivity index (χ4v) is 2.59. The summed E-state index contributed by atoms with van der Waals surface area (Å²) >= 11 is 5.07. The molecule has 5 heteroatoms. The Kier molecular flexibility index (Phi) is 4.34. The number of hydrogen-bond acceptors (Lipinski definition) is 3. The zero-order valence-electron chi connectivity index (χ0n) is 10.2. The highest BCUT2D eigenvalue weighted by Gasteiger charge is 2.27. The lowest BCUT2D eigenvalue weighted by molar-refractivity contribution is -0.122. The lowest BCUT2D eigenvalue weighted by Gasteiger charge is -2.34. The van der Waals surface area contributed by atoms with Gasteiger partial charge in [-0.15, -0.1) is 0 Å². The van der Waals surface area contributed by atoms with Crippen molar-refractivity contribution >= 4 is 23.1 Å². The zero-order chi connectivity index (χ0) is 12.3. The van der Waals surface area contributed by atoms with Gasteiger partial charge in [-0.3, -0.25) is 9.69 Å². The third-order valence-electron chi connectivity index (χ3n) is 3.57. The molecule has 2 fully saturated rings. The number of thiocarbonyl (C=S) groups is 1. The van der Waals surface area contributed by atoms with E-state index in [4.69, 9.17) is 18.0 Å². The van der Waals surface area contributed by atoms with E-state index in [-0.39, 0.29) is 11.9 Å². The molecule has 96 valence electrons. The van der Waals surface area contributed by atoms with Crippen molar-refractivity contribution in [2.75, 3.05) is 19.6 Å². The van der Waals surface area contributed by atoms with Gasteiger partial charge in [0.25, 0.3) is 0 Å². The van der Waals surface area contributed by atoms with Crippen LogP contribution < -0.4 is 11.1 Å². The summed E-state index contributed by atoms with van der Waals surface area (Å²) in [6.45, 7) is 2.21. The van der Waals surface area contributed by atoms with Crippen LogP contribution in [0.5, 0.6) is 0 Å². The van der Waals surface area contributed by atoms with Crippen LogP contribution in [0, 0.1) is 5.92 Å². The van der Waals surface area contributed by atoms with Gasteiger partial charge < -0.3 is 11.1 Å². The van der Waals surface area contributed by atoms with Gasteiger partial charge in [0.2, 0.25) is 5.91 Å². The molecule has 0 radical (unpaired) electrons. The Morgan fingerprint density at radius 2 is 2.12 bits per heavy atom. The second-order valence-electron chi connectivity index (χ2n) is 5.13. The highest BCUT2D eigenvalue weighted by atomic mass is 32.1. The molecule has 1 aliphatic carbocycles. The molecule has 1 heterocycles. The Morgan fingerprint density at radius 3 is 2.76 bits per heavy atom. The summed E-state index contributed by atoms with van der Waals surface area (Å²) in [5.74, 6) is 0.840. The number of nitrogens with one attached hydrogen (secondary N) is 1. The molecule has 1 aliphatic heterocycles. The molecule has 0 spiro atoms. The van der Waals surface area contributed by atoms with Crippen LogP contribution in [0.15, 0.2) is 0 Å². The van der Waals surface area contributed by atoms with Crippen LogP contribution in [-0.4, -0.2) is 41.5 Å². The van der Waals surface area contributed by atoms with E-state index < -0.39 is 0 Å². The molecule has 0 aromatic rings. The lowest BCUT2D eigenvalue weighted by Crippen LogP contribution is -2.50. The van der Waals surface area contributed by atoms with Crippen molar-refractivity contribution < 1.29 is 4.79 Å². The highest BCUT2D eigenvalue weighted by molar-refractivity contribution is 7.80. The van der Waals surface area contributed by atoms with Gasteiger partial charge in [0.1, 0.15) is 0 Å². The van der Waals surface area contributed by atoms with Crippen LogP contribution in [0.3, 0.4) is 0 Å². The summed E-state index contributed by atoms with van der Waals surface area (Å²) in [7, 11) is 0. The minimum absolute atomic E-state index is 0.111. The van der Waals surface area contributed by atoms with Crippen LogP contribution in [0.25, 0.3) is 0 Å². The van der Waals surface area contributed by atoms with E-state index in [0.29, 0.717) is 11.5 Å². The van der Waals surface area contributed by atoms with Crippen molar-refractivity contribution in [3.8, 4) is 0 Å². The molecule has 3 N–H and O–H groups in total. The lowest BCUT2D eigenvalue weighted by atomic mass is 10.0. The van der Waals surface area contributed by atoms with Gasteiger partial charge in [0.15, 0.2) is 0 Å². The summed E-state index contributed by atoms with van der Waals surface area (Å²) < 4.78 is 0. The average molecular weight is 255 g/mol. The van der Waals surface area contributed by atoms with Gasteiger partial charge in [0.05, 0.1) is 17.6 Å². The molecule has 1 saturated heterocycles. The van der Waals surface area contributed by atoms with Crippen LogP contribution in [0.2, 0.25) is 0 Å². The number of nitrogens with zero attached hydrogens (tertiary/aromatic N) is 1. The first-order valence-electron chi connectivity index (χ1n) is 6.47. The van der Waals surface area contributed by atoms with Gasteiger partial charge >= 0.3 is 0 Å². The smallest absolute Gasteiger partial charge is 0.234 e. The minimum atomic E-state index is 0.111. The van der Waals surface area contributed by atoms with Crippen molar-refractivity contribution in [1.29, 1.82) is 0 Å². The monoisotopic (exact) mass is 255 g/mol. The number of rotatable bonds is 5. The fraction of sp³-hybridized carbons (Fsp3) is 0.833. The molecule has 1 amide bonds. The van der Waals surface area contributed by atoms with E-state index >= 15 is 0 Å². The maximum absolute atomic E-state index is 11.8. The first kappa shape index (κ1) is 12.8. The number of likely N-dealkylation sites (tertiary alicyclic amines) is 1. The van der Waals surface area contributed by atoms with Crippen LogP contribution in [-0.2, 0) is 4.79 Å². The molecule has 4 nitrogen and oxygen atoms in total. The number of piperidine rings is 1. The van der Waals surface area contributed by atoms with E-state index in [1.54, 1.807) is 0 Å². The van der Waals surface area contributed by atoms with Gasteiger partial charge in [-0.05, 0) is 38.1 Å². The zero-order valence-corrected chi connectivity index (χ0v) is 11.0. The summed E-state index contributed by atoms with van der Waals surface area (Å²) in [6, 6.07) is 0.116. The quantitative estimate of drug-likeness (QED) is 0.708. The average Bonchev–Trinajstić information content (AvgIpc) is 3.10. The van der Waals surface area contributed by atoms with Crippen molar-refractivity contribution in [3.05, 3.63) is 0 Å². The van der Waals surface area contributed by atoms with Gasteiger partial charge in [-0.1, -0.05) is 18.6 Å². The van der Waals surface area contributed by atoms with Crippen molar-refractivity contribution in [1.82, 2.24) is 10.2 Å². The fourth-order valence-electron chi connectivity index (χ4n) is 2.32. The Hall–Kier alpha value is -0.680. The normalized spacial score (nSPS) is 25.5. The molecular formula is C12H21N3OS. The van der Waals surface area contributed by atoms with Crippen LogP contribution in [0.4, 0.5) is 0 Å². The first-order valence-corrected chi connectivity index (χ1v) is 6.87. The van der Waals surface area contributed by atoms with E-state index in [1.165, 1.54) is 12.8 Å². The molecule has 1 unspecified atom stereocenters. The molecule has 2 aliphatic rings. The molecule has 0 bridgehead atoms. The predicted molar refractivity (Wildman–Crippen MR) is 71.7 cm³/mol. The Morgan fingerprint density at radius 1 is 1.35 bits per heavy atom. The maximum Gasteiger partial charge on any atom is 0.234 e. The molecular weight excluding hydrogens is 234 g/mol. The Balaban J connectivity index is 1.77. The standard InChI is InChI=1S/C12H21N3OS/c13-12(17)10-3-1-2-6-15(10)8-11(16)14-7-9-4-5-9/h9-10H,1-8H2,(H2,13,17)(H,14,16). The number of carbonyl (C=O) groups is 1. The van der Waals surface area contributed by atoms with Crippen molar-refractivity contribution in [3.63, 3.8) is 0 Å². The van der Waals surface area contributed by atoms with E-state index in [2.05, 4.69) is 10.2 Å². The van der Waals surface area contributed by atoms with E-state index in [1.807, 2.05) is 0 Å². The first-order chi connectivity index (χ1) is 8.16. The number of hydrogen-bond donors (Lipinski definition) is 2. The second kappa shape index (κ2) is 5.78.